The lowest BCUT2D eigenvalue weighted by Gasteiger charge is -2.41. The van der Waals surface area contributed by atoms with Crippen LogP contribution in [0.3, 0.4) is 0 Å². The van der Waals surface area contributed by atoms with E-state index in [1.165, 1.54) is 45.3 Å². The number of alkyl halides is 3. The van der Waals surface area contributed by atoms with Gasteiger partial charge in [0.1, 0.15) is 11.9 Å². The number of aromatic nitrogens is 10. The van der Waals surface area contributed by atoms with Gasteiger partial charge in [0.2, 0.25) is 27.1 Å². The summed E-state index contributed by atoms with van der Waals surface area (Å²) in [6.45, 7) is 14.3. The molecule has 5 aliphatic heterocycles. The number of carbonyl (C=O) groups is 5. The second-order valence-corrected chi connectivity index (χ2v) is 37.2. The van der Waals surface area contributed by atoms with Gasteiger partial charge < -0.3 is 50.0 Å². The van der Waals surface area contributed by atoms with Crippen molar-refractivity contribution in [3.8, 4) is 39.9 Å². The zero-order chi connectivity index (χ0) is 105. The van der Waals surface area contributed by atoms with Crippen LogP contribution in [0.2, 0.25) is 0 Å². The van der Waals surface area contributed by atoms with Crippen LogP contribution in [-0.2, 0) is 6.42 Å². The highest BCUT2D eigenvalue weighted by molar-refractivity contribution is 5.98. The van der Waals surface area contributed by atoms with Crippen molar-refractivity contribution in [3.05, 3.63) is 456 Å². The molecule has 752 valence electrons. The van der Waals surface area contributed by atoms with Crippen LogP contribution < -0.4 is 27.1 Å². The Morgan fingerprint density at radius 3 is 1.01 bits per heavy atom. The Bertz CT molecular complexity index is 7660. The molecule has 5 aromatic heterocycles. The van der Waals surface area contributed by atoms with Crippen molar-refractivity contribution in [2.24, 2.45) is 0 Å². The molecule has 0 fully saturated rings. The van der Waals surface area contributed by atoms with Gasteiger partial charge in [-0.15, -0.1) is 0 Å². The monoisotopic (exact) mass is 1990 g/mol. The number of fused-ring (bicyclic) bond motifs is 5. The van der Waals surface area contributed by atoms with E-state index in [1.807, 2.05) is 236 Å². The van der Waals surface area contributed by atoms with Gasteiger partial charge in [0.25, 0.3) is 29.5 Å². The molecule has 0 saturated heterocycles. The predicted molar refractivity (Wildman–Crippen MR) is 543 cm³/mol. The van der Waals surface area contributed by atoms with Crippen LogP contribution in [0.15, 0.2) is 328 Å². The molecule has 0 saturated carbocycles. The molecular formula is C113H107F4N15O15. The van der Waals surface area contributed by atoms with Gasteiger partial charge in [0, 0.05) is 83.1 Å². The molecule has 0 aliphatic carbocycles. The standard InChI is InChI=1S/C24H25N3O3.C23H20F3N3O3.C23H22FN3O3.C22H21N3O3.C21H19N3O3/c1-15(2)26-14-19(27-22(24(26)30)23(29)20(28)13-25-27)21(17-9-5-4-6-10-17)18-11-7-8-16(3)12-18;1-14(23(24,25)26)28-13-17(29-20(22(28)32)21(31)18(30)12-27-29)19(15-8-4-2-5-9-15)16-10-6-3-7-11-16;1-3-26-13-18(27-21(23(26)30)22(29)19(28)12-25-27)20(15-7-4-6-14(2)10-15)16-8-5-9-17(24)11-16;1-14-7-6-10-16(11-14)19(15-8-4-3-5-9-15)17-13-24(2)22(28)20-21(27)18(26)12-23-25(17)20;1-23-13-16(24-19(21(23)27)20(26)18(25)12-22-24)11-15-9-5-6-10-17(15)14-7-3-2-4-8-14/h4-13,15,19,21,29H,14H2,1-3H3;2-12,14,17,19,31H,13H2,1H3;4-12,18,20,29H,3,13H2,1-2H3;3-12,17,19,27H,13H2,1-2H3;2-10,12,16,26H,11,13H2,1H3. The molecule has 0 bridgehead atoms. The van der Waals surface area contributed by atoms with Gasteiger partial charge in [-0.25, -0.2) is 4.39 Å². The summed E-state index contributed by atoms with van der Waals surface area (Å²) in [6.07, 6.45) is 1.04. The van der Waals surface area contributed by atoms with Gasteiger partial charge >= 0.3 is 6.18 Å². The molecule has 15 aromatic rings. The topological polar surface area (TPSA) is 377 Å². The summed E-state index contributed by atoms with van der Waals surface area (Å²) >= 11 is 0. The highest BCUT2D eigenvalue weighted by Crippen LogP contribution is 2.47. The van der Waals surface area contributed by atoms with Crippen LogP contribution in [-0.4, -0.2) is 200 Å². The van der Waals surface area contributed by atoms with Crippen molar-refractivity contribution in [3.63, 3.8) is 0 Å². The second kappa shape index (κ2) is 43.9. The summed E-state index contributed by atoms with van der Waals surface area (Å²) in [6, 6.07) is 83.1. The summed E-state index contributed by atoms with van der Waals surface area (Å²) in [5.41, 5.74) is 9.85. The first-order chi connectivity index (χ1) is 70.5. The smallest absolute Gasteiger partial charge is 0.408 e. The summed E-state index contributed by atoms with van der Waals surface area (Å²) in [7, 11) is 3.34. The average Bonchev–Trinajstić information content (AvgIpc) is 0.740. The van der Waals surface area contributed by atoms with Crippen LogP contribution in [0.4, 0.5) is 17.6 Å². The van der Waals surface area contributed by atoms with Gasteiger partial charge in [-0.05, 0) is 128 Å². The summed E-state index contributed by atoms with van der Waals surface area (Å²) < 4.78 is 62.1. The Morgan fingerprint density at radius 1 is 0.333 bits per heavy atom. The number of likely N-dealkylation sites (N-methyl/N-ethyl adjacent to an activating group) is 3. The molecule has 10 aromatic carbocycles. The third-order valence-corrected chi connectivity index (χ3v) is 27.3. The van der Waals surface area contributed by atoms with E-state index in [-0.39, 0.29) is 83.0 Å². The quantitative estimate of drug-likeness (QED) is 0.0498. The van der Waals surface area contributed by atoms with Crippen molar-refractivity contribution >= 4 is 29.5 Å². The van der Waals surface area contributed by atoms with Crippen molar-refractivity contribution in [2.45, 2.75) is 127 Å². The zero-order valence-electron chi connectivity index (χ0n) is 81.7. The minimum absolute atomic E-state index is 0.0407. The Kier molecular flexibility index (Phi) is 30.6. The average molecular weight is 1990 g/mol. The zero-order valence-corrected chi connectivity index (χ0v) is 81.7. The highest BCUT2D eigenvalue weighted by atomic mass is 19.4. The minimum Gasteiger partial charge on any atom is -0.502 e. The number of halogens is 4. The largest absolute Gasteiger partial charge is 0.502 e. The Hall–Kier alpha value is -17.3. The normalized spacial score (nSPS) is 17.0. The number of amides is 5. The minimum atomic E-state index is -4.69. The lowest BCUT2D eigenvalue weighted by Crippen LogP contribution is -2.54. The molecule has 9 atom stereocenters. The Morgan fingerprint density at radius 2 is 0.633 bits per heavy atom. The van der Waals surface area contributed by atoms with Crippen molar-refractivity contribution in [1.82, 2.24) is 73.4 Å². The van der Waals surface area contributed by atoms with Gasteiger partial charge in [0.05, 0.1) is 61.2 Å². The summed E-state index contributed by atoms with van der Waals surface area (Å²) in [5.74, 6) is -7.30. The number of hydrogen-bond donors (Lipinski definition) is 5. The fourth-order valence-electron chi connectivity index (χ4n) is 20.1. The predicted octanol–water partition coefficient (Wildman–Crippen LogP) is 15.7. The van der Waals surface area contributed by atoms with Crippen LogP contribution in [0.25, 0.3) is 11.1 Å². The van der Waals surface area contributed by atoms with Gasteiger partial charge in [-0.3, -0.25) is 71.4 Å². The number of benzene rings is 10. The fraction of sp³-hybridized carbons (Fsp3) is 0.248. The van der Waals surface area contributed by atoms with E-state index >= 15 is 0 Å². The number of aromatic hydroxyl groups is 5. The lowest BCUT2D eigenvalue weighted by molar-refractivity contribution is -0.174. The maximum Gasteiger partial charge on any atom is 0.408 e. The first kappa shape index (κ1) is 103. The molecule has 0 radical (unpaired) electrons. The maximum absolute atomic E-state index is 14.1. The van der Waals surface area contributed by atoms with Crippen LogP contribution >= 0.6 is 0 Å². The molecule has 0 spiro atoms. The maximum atomic E-state index is 14.1. The number of nitrogens with zero attached hydrogens (tertiary/aromatic N) is 15. The molecule has 9 unspecified atom stereocenters. The third kappa shape index (κ3) is 21.4. The van der Waals surface area contributed by atoms with Crippen molar-refractivity contribution in [2.75, 3.05) is 53.4 Å². The molecule has 5 N–H and O–H groups in total. The van der Waals surface area contributed by atoms with Crippen LogP contribution in [0.5, 0.6) is 28.7 Å². The molecular weight excluding hydrogens is 1880 g/mol. The van der Waals surface area contributed by atoms with Crippen LogP contribution in [0.1, 0.15) is 201 Å². The van der Waals surface area contributed by atoms with Crippen LogP contribution in [0, 0.1) is 26.6 Å². The van der Waals surface area contributed by atoms with E-state index in [0.29, 0.717) is 44.0 Å². The molecule has 10 heterocycles. The Balaban J connectivity index is 0.000000131. The molecule has 5 aliphatic rings. The lowest BCUT2D eigenvalue weighted by atomic mass is 9.83. The van der Waals surface area contributed by atoms with Crippen molar-refractivity contribution < 1.29 is 67.1 Å². The van der Waals surface area contributed by atoms with E-state index in [0.717, 1.165) is 116 Å². The first-order valence-corrected chi connectivity index (χ1v) is 47.8. The molecule has 147 heavy (non-hydrogen) atoms. The van der Waals surface area contributed by atoms with Crippen molar-refractivity contribution in [1.29, 1.82) is 0 Å². The molecule has 30 nitrogen and oxygen atoms in total. The molecule has 20 rings (SSSR count). The molecule has 5 amide bonds. The van der Waals surface area contributed by atoms with Gasteiger partial charge in [0.15, 0.2) is 57.2 Å². The number of aryl methyl sites for hydroxylation is 3. The van der Waals surface area contributed by atoms with E-state index < -0.39 is 115 Å². The second-order valence-electron chi connectivity index (χ2n) is 37.2. The van der Waals surface area contributed by atoms with E-state index in [2.05, 4.69) is 86.2 Å². The van der Waals surface area contributed by atoms with Gasteiger partial charge in [-0.1, -0.05) is 278 Å². The number of hydrogen-bond acceptors (Lipinski definition) is 20. The van der Waals surface area contributed by atoms with E-state index in [9.17, 15) is 91.0 Å². The summed E-state index contributed by atoms with van der Waals surface area (Å²) in [4.78, 5) is 131. The fourth-order valence-corrected chi connectivity index (χ4v) is 20.1. The van der Waals surface area contributed by atoms with E-state index in [4.69, 9.17) is 0 Å². The number of rotatable bonds is 18. The highest BCUT2D eigenvalue weighted by Gasteiger charge is 2.50. The number of carbonyl (C=O) groups excluding carboxylic acids is 5. The third-order valence-electron chi connectivity index (χ3n) is 27.3. The summed E-state index contributed by atoms with van der Waals surface area (Å²) in [5, 5.41) is 72.6. The van der Waals surface area contributed by atoms with E-state index in [1.54, 1.807) is 30.0 Å². The SMILES string of the molecule is CC(N1CC(C(c2ccccc2)c2ccccc2)n2ncc(=O)c(O)c2C1=O)C(F)(F)F.CCN1CC(C(c2cccc(C)c2)c2cccc(F)c2)n2ncc(=O)c(O)c2C1=O.CN1CC(Cc2ccccc2-c2ccccc2)n2ncc(=O)c(O)c2C1=O.Cc1cccc(C(c2ccccc2)C2CN(C(C)C)C(=O)c3c(O)c(=O)cnn32)c1.Cc1cccc(C(c2ccccc2)C2CN(C)C(=O)c3c(O)c(=O)cnn32)c1. The Labute approximate surface area is 841 Å². The first-order valence-electron chi connectivity index (χ1n) is 47.8. The van der Waals surface area contributed by atoms with Gasteiger partial charge in [-0.2, -0.15) is 38.7 Å². The molecule has 34 heteroatoms.